The monoisotopic (exact) mass is 258 g/mol. The quantitative estimate of drug-likeness (QED) is 0.863. The molecule has 0 spiro atoms. The molecule has 0 aliphatic carbocycles. The summed E-state index contributed by atoms with van der Waals surface area (Å²) in [6.07, 6.45) is 5.21. The number of aryl methyl sites for hydroxylation is 1. The highest BCUT2D eigenvalue weighted by Gasteiger charge is 2.06. The molecular formula is C14H18N4O. The van der Waals surface area contributed by atoms with Crippen molar-refractivity contribution >= 4 is 5.82 Å². The summed E-state index contributed by atoms with van der Waals surface area (Å²) in [5.41, 5.74) is 0. The summed E-state index contributed by atoms with van der Waals surface area (Å²) in [4.78, 5) is 12.9. The molecule has 0 unspecified atom stereocenters. The minimum Gasteiger partial charge on any atom is -0.437 e. The van der Waals surface area contributed by atoms with Gasteiger partial charge in [-0.1, -0.05) is 6.92 Å². The van der Waals surface area contributed by atoms with Gasteiger partial charge in [-0.25, -0.2) is 4.98 Å². The zero-order valence-electron chi connectivity index (χ0n) is 11.3. The average molecular weight is 258 g/mol. The predicted molar refractivity (Wildman–Crippen MR) is 74.5 cm³/mol. The molecule has 0 aliphatic rings. The molecule has 0 atom stereocenters. The van der Waals surface area contributed by atoms with Gasteiger partial charge in [0.1, 0.15) is 17.4 Å². The van der Waals surface area contributed by atoms with Gasteiger partial charge in [0, 0.05) is 25.2 Å². The molecule has 0 aromatic carbocycles. The topological polar surface area (TPSA) is 59.9 Å². The zero-order chi connectivity index (χ0) is 13.5. The maximum Gasteiger partial charge on any atom is 0.224 e. The molecule has 0 bridgehead atoms. The highest BCUT2D eigenvalue weighted by Crippen LogP contribution is 2.21. The summed E-state index contributed by atoms with van der Waals surface area (Å²) in [7, 11) is 0. The molecule has 5 nitrogen and oxygen atoms in total. The first-order valence-corrected chi connectivity index (χ1v) is 6.51. The van der Waals surface area contributed by atoms with Crippen LogP contribution in [0.25, 0.3) is 0 Å². The zero-order valence-corrected chi connectivity index (χ0v) is 11.3. The van der Waals surface area contributed by atoms with Crippen molar-refractivity contribution < 1.29 is 4.74 Å². The largest absolute Gasteiger partial charge is 0.437 e. The van der Waals surface area contributed by atoms with Crippen LogP contribution < -0.4 is 10.1 Å². The Labute approximate surface area is 113 Å². The lowest BCUT2D eigenvalue weighted by Crippen LogP contribution is -2.04. The number of aromatic nitrogens is 3. The number of hydrogen-bond donors (Lipinski definition) is 1. The van der Waals surface area contributed by atoms with E-state index >= 15 is 0 Å². The fourth-order valence-corrected chi connectivity index (χ4v) is 1.66. The van der Waals surface area contributed by atoms with Gasteiger partial charge in [-0.2, -0.15) is 4.98 Å². The Morgan fingerprint density at radius 3 is 2.84 bits per heavy atom. The number of anilines is 1. The Kier molecular flexibility index (Phi) is 4.66. The van der Waals surface area contributed by atoms with Crippen LogP contribution in [-0.2, 0) is 6.42 Å². The van der Waals surface area contributed by atoms with Crippen molar-refractivity contribution in [2.45, 2.75) is 26.7 Å². The third kappa shape index (κ3) is 3.91. The Balaban J connectivity index is 2.23. The smallest absolute Gasteiger partial charge is 0.224 e. The summed E-state index contributed by atoms with van der Waals surface area (Å²) < 4.78 is 5.70. The van der Waals surface area contributed by atoms with Crippen molar-refractivity contribution in [3.8, 4) is 11.6 Å². The van der Waals surface area contributed by atoms with Crippen molar-refractivity contribution in [1.29, 1.82) is 0 Å². The van der Waals surface area contributed by atoms with Crippen molar-refractivity contribution in [2.75, 3.05) is 11.9 Å². The van der Waals surface area contributed by atoms with Crippen molar-refractivity contribution in [3.05, 3.63) is 36.4 Å². The normalized spacial score (nSPS) is 10.2. The first-order chi connectivity index (χ1) is 9.31. The average Bonchev–Trinajstić information content (AvgIpc) is 2.40. The van der Waals surface area contributed by atoms with E-state index in [1.807, 2.05) is 19.1 Å². The van der Waals surface area contributed by atoms with Crippen molar-refractivity contribution in [3.63, 3.8) is 0 Å². The molecule has 0 fully saturated rings. The number of nitrogens with one attached hydrogen (secondary N) is 1. The fourth-order valence-electron chi connectivity index (χ4n) is 1.66. The highest BCUT2D eigenvalue weighted by molar-refractivity contribution is 5.39. The van der Waals surface area contributed by atoms with Crippen LogP contribution in [0.15, 0.2) is 30.6 Å². The molecule has 0 saturated carbocycles. The molecule has 19 heavy (non-hydrogen) atoms. The van der Waals surface area contributed by atoms with Crippen molar-refractivity contribution in [2.24, 2.45) is 0 Å². The second kappa shape index (κ2) is 6.68. The van der Waals surface area contributed by atoms with E-state index in [9.17, 15) is 0 Å². The molecular weight excluding hydrogens is 240 g/mol. The van der Waals surface area contributed by atoms with Crippen LogP contribution in [0.2, 0.25) is 0 Å². The molecule has 0 amide bonds. The lowest BCUT2D eigenvalue weighted by atomic mass is 10.3. The maximum atomic E-state index is 5.70. The molecule has 5 heteroatoms. The second-order valence-corrected chi connectivity index (χ2v) is 4.08. The van der Waals surface area contributed by atoms with Gasteiger partial charge in [0.25, 0.3) is 0 Å². The summed E-state index contributed by atoms with van der Waals surface area (Å²) in [6, 6.07) is 5.48. The molecule has 100 valence electrons. The van der Waals surface area contributed by atoms with Gasteiger partial charge in [0.15, 0.2) is 0 Å². The number of pyridine rings is 1. The summed E-state index contributed by atoms with van der Waals surface area (Å²) >= 11 is 0. The Bertz CT molecular complexity index is 492. The molecule has 2 aromatic heterocycles. The Morgan fingerprint density at radius 1 is 1.26 bits per heavy atom. The van der Waals surface area contributed by atoms with Gasteiger partial charge in [0.2, 0.25) is 5.88 Å². The molecule has 2 rings (SSSR count). The van der Waals surface area contributed by atoms with Gasteiger partial charge in [-0.05, 0) is 25.5 Å². The van der Waals surface area contributed by atoms with Crippen LogP contribution in [0.3, 0.4) is 0 Å². The van der Waals surface area contributed by atoms with E-state index in [0.29, 0.717) is 11.6 Å². The molecule has 2 heterocycles. The number of ether oxygens (including phenoxy) is 1. The SMILES string of the molecule is CCCc1nc(NCC)cc(Oc2cccnc2)n1. The Hall–Kier alpha value is -2.17. The number of rotatable bonds is 6. The molecule has 0 saturated heterocycles. The van der Waals surface area contributed by atoms with Crippen LogP contribution in [0, 0.1) is 0 Å². The minimum atomic E-state index is 0.544. The Morgan fingerprint density at radius 2 is 2.16 bits per heavy atom. The van der Waals surface area contributed by atoms with E-state index in [0.717, 1.165) is 31.0 Å². The lowest BCUT2D eigenvalue weighted by molar-refractivity contribution is 0.456. The molecule has 0 aliphatic heterocycles. The van der Waals surface area contributed by atoms with Gasteiger partial charge in [-0.3, -0.25) is 4.98 Å². The van der Waals surface area contributed by atoms with Gasteiger partial charge < -0.3 is 10.1 Å². The van der Waals surface area contributed by atoms with Crippen LogP contribution in [0.5, 0.6) is 11.6 Å². The van der Waals surface area contributed by atoms with E-state index in [1.165, 1.54) is 0 Å². The van der Waals surface area contributed by atoms with Gasteiger partial charge in [-0.15, -0.1) is 0 Å². The van der Waals surface area contributed by atoms with Gasteiger partial charge in [0.05, 0.1) is 6.20 Å². The molecule has 0 radical (unpaired) electrons. The minimum absolute atomic E-state index is 0.544. The predicted octanol–water partition coefficient (Wildman–Crippen LogP) is 3.05. The van der Waals surface area contributed by atoms with E-state index in [1.54, 1.807) is 18.5 Å². The fraction of sp³-hybridized carbons (Fsp3) is 0.357. The van der Waals surface area contributed by atoms with Gasteiger partial charge >= 0.3 is 0 Å². The van der Waals surface area contributed by atoms with E-state index in [-0.39, 0.29) is 0 Å². The highest BCUT2D eigenvalue weighted by atomic mass is 16.5. The third-order valence-corrected chi connectivity index (χ3v) is 2.44. The van der Waals surface area contributed by atoms with Crippen LogP contribution >= 0.6 is 0 Å². The first-order valence-electron chi connectivity index (χ1n) is 6.51. The second-order valence-electron chi connectivity index (χ2n) is 4.08. The van der Waals surface area contributed by atoms with E-state index in [2.05, 4.69) is 27.2 Å². The van der Waals surface area contributed by atoms with E-state index in [4.69, 9.17) is 4.74 Å². The van der Waals surface area contributed by atoms with Crippen LogP contribution in [0.4, 0.5) is 5.82 Å². The third-order valence-electron chi connectivity index (χ3n) is 2.44. The maximum absolute atomic E-state index is 5.70. The first kappa shape index (κ1) is 13.3. The summed E-state index contributed by atoms with van der Waals surface area (Å²) in [6.45, 7) is 4.95. The van der Waals surface area contributed by atoms with Crippen LogP contribution in [-0.4, -0.2) is 21.5 Å². The van der Waals surface area contributed by atoms with Crippen LogP contribution in [0.1, 0.15) is 26.1 Å². The number of hydrogen-bond acceptors (Lipinski definition) is 5. The molecule has 1 N–H and O–H groups in total. The van der Waals surface area contributed by atoms with Crippen molar-refractivity contribution in [1.82, 2.24) is 15.0 Å². The summed E-state index contributed by atoms with van der Waals surface area (Å²) in [5, 5.41) is 3.19. The standard InChI is InChI=1S/C14H18N4O/c1-3-6-12-17-13(16-4-2)9-14(18-12)19-11-7-5-8-15-10-11/h5,7-10H,3-4,6H2,1-2H3,(H,16,17,18). The van der Waals surface area contributed by atoms with E-state index < -0.39 is 0 Å². The number of nitrogens with zero attached hydrogens (tertiary/aromatic N) is 3. The lowest BCUT2D eigenvalue weighted by Gasteiger charge is -2.09. The summed E-state index contributed by atoms with van der Waals surface area (Å²) in [5.74, 6) is 2.80. The molecule has 2 aromatic rings.